The number of likely N-dealkylation sites (tertiary alicyclic amines) is 1. The lowest BCUT2D eigenvalue weighted by molar-refractivity contribution is -0.143. The number of hydrogen-bond acceptors (Lipinski definition) is 6. The van der Waals surface area contributed by atoms with E-state index in [4.69, 9.17) is 16.6 Å². The number of nitrogens with one attached hydrogen (secondary N) is 1. The second kappa shape index (κ2) is 8.66. The molecule has 1 aliphatic heterocycles. The van der Waals surface area contributed by atoms with Gasteiger partial charge >= 0.3 is 5.97 Å². The first kappa shape index (κ1) is 18.3. The highest BCUT2D eigenvalue weighted by atomic mass is 16.4. The number of carbonyl (C=O) groups is 3. The number of aliphatic hydroxyl groups is 1. The lowest BCUT2D eigenvalue weighted by Crippen LogP contribution is -2.51. The van der Waals surface area contributed by atoms with Gasteiger partial charge in [0.2, 0.25) is 11.8 Å². The number of β-amino-alcohol motifs (C(OH)–C–C–N with tert-alkyl or cyclic N) is 1. The summed E-state index contributed by atoms with van der Waals surface area (Å²) in [5.74, 6) is -2.18. The summed E-state index contributed by atoms with van der Waals surface area (Å²) >= 11 is 0. The first-order chi connectivity index (χ1) is 10.4. The van der Waals surface area contributed by atoms with Gasteiger partial charge in [-0.1, -0.05) is 0 Å². The summed E-state index contributed by atoms with van der Waals surface area (Å²) in [7, 11) is 0. The number of carbonyl (C=O) groups excluding carboxylic acids is 2. The topological polar surface area (TPSA) is 159 Å². The van der Waals surface area contributed by atoms with Gasteiger partial charge in [-0.15, -0.1) is 0 Å². The number of carboxylic acid groups (broad SMARTS) is 1. The van der Waals surface area contributed by atoms with E-state index >= 15 is 0 Å². The molecule has 0 saturated carbocycles. The van der Waals surface area contributed by atoms with Crippen LogP contribution in [-0.2, 0) is 14.4 Å². The molecule has 1 rings (SSSR count). The van der Waals surface area contributed by atoms with Crippen molar-refractivity contribution in [3.63, 3.8) is 0 Å². The van der Waals surface area contributed by atoms with Gasteiger partial charge in [0, 0.05) is 13.0 Å². The summed E-state index contributed by atoms with van der Waals surface area (Å²) in [6.45, 7) is 0.211. The van der Waals surface area contributed by atoms with Crippen LogP contribution in [0.25, 0.3) is 0 Å². The lowest BCUT2D eigenvalue weighted by Gasteiger charge is -2.24. The molecular weight excluding hydrogens is 292 g/mol. The Kier molecular flexibility index (Phi) is 7.22. The summed E-state index contributed by atoms with van der Waals surface area (Å²) < 4.78 is 0. The van der Waals surface area contributed by atoms with Crippen molar-refractivity contribution in [1.29, 1.82) is 0 Å². The third-order valence-corrected chi connectivity index (χ3v) is 3.64. The average Bonchev–Trinajstić information content (AvgIpc) is 2.87. The Morgan fingerprint density at radius 2 is 1.95 bits per heavy atom. The molecule has 2 amide bonds. The summed E-state index contributed by atoms with van der Waals surface area (Å²) in [4.78, 5) is 36.3. The Bertz CT molecular complexity index is 417. The maximum absolute atomic E-state index is 12.2. The van der Waals surface area contributed by atoms with Gasteiger partial charge in [-0.25, -0.2) is 4.79 Å². The fourth-order valence-electron chi connectivity index (χ4n) is 2.47. The zero-order valence-electron chi connectivity index (χ0n) is 12.4. The Morgan fingerprint density at radius 1 is 1.27 bits per heavy atom. The van der Waals surface area contributed by atoms with E-state index in [0.29, 0.717) is 19.4 Å². The van der Waals surface area contributed by atoms with E-state index in [1.807, 2.05) is 0 Å². The predicted molar refractivity (Wildman–Crippen MR) is 77.7 cm³/mol. The van der Waals surface area contributed by atoms with Crippen LogP contribution < -0.4 is 16.8 Å². The third-order valence-electron chi connectivity index (χ3n) is 3.64. The monoisotopic (exact) mass is 316 g/mol. The van der Waals surface area contributed by atoms with Crippen molar-refractivity contribution >= 4 is 17.8 Å². The summed E-state index contributed by atoms with van der Waals surface area (Å²) in [6, 6.07) is -1.92. The smallest absolute Gasteiger partial charge is 0.326 e. The van der Waals surface area contributed by atoms with Crippen molar-refractivity contribution in [3.8, 4) is 0 Å². The predicted octanol–water partition coefficient (Wildman–Crippen LogP) is -2.39. The molecule has 3 atom stereocenters. The van der Waals surface area contributed by atoms with E-state index in [0.717, 1.165) is 0 Å². The van der Waals surface area contributed by atoms with Crippen LogP contribution in [-0.4, -0.2) is 70.7 Å². The number of nitrogens with zero attached hydrogens (tertiary/aromatic N) is 1. The van der Waals surface area contributed by atoms with Crippen molar-refractivity contribution in [2.24, 2.45) is 11.5 Å². The van der Waals surface area contributed by atoms with Crippen molar-refractivity contribution in [2.75, 3.05) is 19.6 Å². The highest BCUT2D eigenvalue weighted by Crippen LogP contribution is 2.18. The minimum Gasteiger partial charge on any atom is -0.480 e. The molecule has 0 aliphatic carbocycles. The lowest BCUT2D eigenvalue weighted by atomic mass is 10.1. The summed E-state index contributed by atoms with van der Waals surface area (Å²) in [5.41, 5.74) is 10.6. The first-order valence-corrected chi connectivity index (χ1v) is 7.31. The standard InChI is InChI=1S/C13H24N4O5/c14-4-2-1-3-9(13(21)22)16-12(20)10-5-8(18)7-17(10)11(19)6-15/h8-10,18H,1-7,14-15H2,(H,16,20)(H,21,22)/t8?,9-,10?/m0/s1. The van der Waals surface area contributed by atoms with Crippen LogP contribution >= 0.6 is 0 Å². The number of carboxylic acids is 1. The molecule has 7 N–H and O–H groups in total. The van der Waals surface area contributed by atoms with Crippen LogP contribution in [0.1, 0.15) is 25.7 Å². The van der Waals surface area contributed by atoms with Gasteiger partial charge in [0.15, 0.2) is 0 Å². The van der Waals surface area contributed by atoms with Crippen molar-refractivity contribution < 1.29 is 24.6 Å². The molecule has 0 bridgehead atoms. The molecule has 9 nitrogen and oxygen atoms in total. The summed E-state index contributed by atoms with van der Waals surface area (Å²) in [5, 5.41) is 21.2. The van der Waals surface area contributed by atoms with Crippen molar-refractivity contribution in [3.05, 3.63) is 0 Å². The number of aliphatic carboxylic acids is 1. The molecule has 0 aromatic carbocycles. The molecule has 1 heterocycles. The molecule has 2 unspecified atom stereocenters. The van der Waals surface area contributed by atoms with E-state index in [2.05, 4.69) is 5.32 Å². The van der Waals surface area contributed by atoms with Crippen LogP contribution in [0.4, 0.5) is 0 Å². The second-order valence-electron chi connectivity index (χ2n) is 5.34. The van der Waals surface area contributed by atoms with E-state index in [9.17, 15) is 19.5 Å². The van der Waals surface area contributed by atoms with Crippen LogP contribution in [0.15, 0.2) is 0 Å². The fraction of sp³-hybridized carbons (Fsp3) is 0.769. The van der Waals surface area contributed by atoms with Gasteiger partial charge in [-0.05, 0) is 25.8 Å². The number of amides is 2. The van der Waals surface area contributed by atoms with Gasteiger partial charge in [-0.2, -0.15) is 0 Å². The number of hydrogen-bond donors (Lipinski definition) is 5. The number of unbranched alkanes of at least 4 members (excludes halogenated alkanes) is 1. The Balaban J connectivity index is 2.67. The van der Waals surface area contributed by atoms with Gasteiger partial charge < -0.3 is 31.9 Å². The molecule has 126 valence electrons. The summed E-state index contributed by atoms with van der Waals surface area (Å²) in [6.07, 6.45) is 0.767. The molecule has 0 aromatic rings. The zero-order chi connectivity index (χ0) is 16.7. The van der Waals surface area contributed by atoms with E-state index in [1.54, 1.807) is 0 Å². The largest absolute Gasteiger partial charge is 0.480 e. The minimum absolute atomic E-state index is 0.0268. The molecular formula is C13H24N4O5. The Morgan fingerprint density at radius 3 is 2.50 bits per heavy atom. The Hall–Kier alpha value is -1.71. The van der Waals surface area contributed by atoms with Crippen molar-refractivity contribution in [2.45, 2.75) is 43.9 Å². The second-order valence-corrected chi connectivity index (χ2v) is 5.34. The van der Waals surface area contributed by atoms with Crippen LogP contribution in [0.5, 0.6) is 0 Å². The average molecular weight is 316 g/mol. The molecule has 1 saturated heterocycles. The normalized spacial score (nSPS) is 22.4. The van der Waals surface area contributed by atoms with Crippen LogP contribution in [0.2, 0.25) is 0 Å². The fourth-order valence-corrected chi connectivity index (χ4v) is 2.47. The van der Waals surface area contributed by atoms with E-state index in [1.165, 1.54) is 4.90 Å². The maximum Gasteiger partial charge on any atom is 0.326 e. The van der Waals surface area contributed by atoms with Crippen LogP contribution in [0.3, 0.4) is 0 Å². The molecule has 9 heteroatoms. The Labute approximate surface area is 128 Å². The van der Waals surface area contributed by atoms with Gasteiger partial charge in [0.1, 0.15) is 12.1 Å². The molecule has 0 radical (unpaired) electrons. The number of nitrogens with two attached hydrogens (primary N) is 2. The molecule has 0 spiro atoms. The van der Waals surface area contributed by atoms with Crippen molar-refractivity contribution in [1.82, 2.24) is 10.2 Å². The SMILES string of the molecule is NCCCC[C@H](NC(=O)C1CC(O)CN1C(=O)CN)C(=O)O. The van der Waals surface area contributed by atoms with Gasteiger partial charge in [0.05, 0.1) is 12.6 Å². The third kappa shape index (κ3) is 4.93. The molecule has 1 fully saturated rings. The maximum atomic E-state index is 12.2. The molecule has 22 heavy (non-hydrogen) atoms. The van der Waals surface area contributed by atoms with Crippen LogP contribution in [0, 0.1) is 0 Å². The first-order valence-electron chi connectivity index (χ1n) is 7.31. The highest BCUT2D eigenvalue weighted by molar-refractivity contribution is 5.91. The van der Waals surface area contributed by atoms with E-state index < -0.39 is 36.0 Å². The zero-order valence-corrected chi connectivity index (χ0v) is 12.4. The quantitative estimate of drug-likeness (QED) is 0.312. The number of aliphatic hydroxyl groups excluding tert-OH is 1. The van der Waals surface area contributed by atoms with Gasteiger partial charge in [-0.3, -0.25) is 9.59 Å². The van der Waals surface area contributed by atoms with Gasteiger partial charge in [0.25, 0.3) is 0 Å². The van der Waals surface area contributed by atoms with E-state index in [-0.39, 0.29) is 25.9 Å². The molecule has 0 aromatic heterocycles. The highest BCUT2D eigenvalue weighted by Gasteiger charge is 2.39. The number of rotatable bonds is 8. The minimum atomic E-state index is -1.14. The molecule has 1 aliphatic rings.